The number of carbonyl (C=O) groups is 1. The van der Waals surface area contributed by atoms with Crippen molar-refractivity contribution in [3.8, 4) is 5.75 Å². The minimum atomic E-state index is -0.948. The van der Waals surface area contributed by atoms with Gasteiger partial charge in [0.05, 0.1) is 6.10 Å². The first-order valence-corrected chi connectivity index (χ1v) is 10.2. The summed E-state index contributed by atoms with van der Waals surface area (Å²) in [5.41, 5.74) is 7.91. The van der Waals surface area contributed by atoms with Crippen LogP contribution < -0.4 is 15.8 Å². The number of anilines is 1. The van der Waals surface area contributed by atoms with Gasteiger partial charge in [0.25, 0.3) is 0 Å². The lowest BCUT2D eigenvalue weighted by Crippen LogP contribution is -2.74. The molecule has 0 radical (unpaired) electrons. The maximum atomic E-state index is 13.0. The number of carbonyl (C=O) groups excluding carboxylic acids is 1. The van der Waals surface area contributed by atoms with Gasteiger partial charge < -0.3 is 20.5 Å². The molecular formula is C24H33ClN2O3. The second-order valence-corrected chi connectivity index (χ2v) is 8.44. The Labute approximate surface area is 185 Å². The highest BCUT2D eigenvalue weighted by Crippen LogP contribution is 2.50. The van der Waals surface area contributed by atoms with Gasteiger partial charge in [-0.3, -0.25) is 4.79 Å². The molecule has 1 saturated carbocycles. The third-order valence-corrected chi connectivity index (χ3v) is 6.26. The van der Waals surface area contributed by atoms with Crippen molar-refractivity contribution in [2.45, 2.75) is 58.8 Å². The molecule has 1 aliphatic rings. The molecular weight excluding hydrogens is 400 g/mol. The Morgan fingerprint density at radius 2 is 1.90 bits per heavy atom. The predicted molar refractivity (Wildman–Crippen MR) is 123 cm³/mol. The van der Waals surface area contributed by atoms with E-state index in [0.29, 0.717) is 13.0 Å². The van der Waals surface area contributed by atoms with Crippen molar-refractivity contribution in [1.82, 2.24) is 0 Å². The van der Waals surface area contributed by atoms with Crippen LogP contribution in [0.3, 0.4) is 0 Å². The molecule has 1 aliphatic carbocycles. The summed E-state index contributed by atoms with van der Waals surface area (Å²) in [6, 6.07) is 15.8. The number of hydrogen-bond acceptors (Lipinski definition) is 4. The van der Waals surface area contributed by atoms with Gasteiger partial charge in [-0.1, -0.05) is 44.2 Å². The average molecular weight is 433 g/mol. The third-order valence-electron chi connectivity index (χ3n) is 6.26. The number of amides is 1. The lowest BCUT2D eigenvalue weighted by Gasteiger charge is -2.57. The van der Waals surface area contributed by atoms with Gasteiger partial charge in [-0.2, -0.15) is 0 Å². The van der Waals surface area contributed by atoms with Gasteiger partial charge in [0.2, 0.25) is 5.91 Å². The number of rotatable bonds is 7. The van der Waals surface area contributed by atoms with Crippen LogP contribution in [0.2, 0.25) is 0 Å². The Morgan fingerprint density at radius 1 is 1.23 bits per heavy atom. The van der Waals surface area contributed by atoms with Crippen LogP contribution in [0.15, 0.2) is 48.5 Å². The standard InChI is InChI=1S/C24H32N2O3.ClH/c1-6-28-21-15-24(25,23(21,4)5)22(27)26-20-13-12-19(14-16(20)2)29-17(3)18-10-8-7-9-11-18;/h7-14,17,21H,6,15,25H2,1-5H3,(H,26,27);1H. The molecule has 5 nitrogen and oxygen atoms in total. The van der Waals surface area contributed by atoms with Crippen molar-refractivity contribution in [3.63, 3.8) is 0 Å². The largest absolute Gasteiger partial charge is 0.486 e. The van der Waals surface area contributed by atoms with E-state index in [-0.39, 0.29) is 30.5 Å². The molecule has 3 unspecified atom stereocenters. The molecule has 2 aromatic rings. The fourth-order valence-electron chi connectivity index (χ4n) is 3.90. The highest BCUT2D eigenvalue weighted by molar-refractivity contribution is 6.00. The maximum absolute atomic E-state index is 13.0. The van der Waals surface area contributed by atoms with E-state index in [1.807, 2.05) is 83.1 Å². The number of aryl methyl sites for hydroxylation is 1. The zero-order valence-electron chi connectivity index (χ0n) is 18.4. The smallest absolute Gasteiger partial charge is 0.245 e. The monoisotopic (exact) mass is 432 g/mol. The summed E-state index contributed by atoms with van der Waals surface area (Å²) >= 11 is 0. The first kappa shape index (κ1) is 24.2. The number of ether oxygens (including phenoxy) is 2. The zero-order valence-corrected chi connectivity index (χ0v) is 19.2. The minimum Gasteiger partial charge on any atom is -0.486 e. The molecule has 1 fully saturated rings. The van der Waals surface area contributed by atoms with Crippen LogP contribution >= 0.6 is 12.4 Å². The number of benzene rings is 2. The second-order valence-electron chi connectivity index (χ2n) is 8.44. The molecule has 0 heterocycles. The molecule has 3 rings (SSSR count). The Balaban J connectivity index is 0.00000320. The van der Waals surface area contributed by atoms with E-state index in [1.54, 1.807) is 0 Å². The Bertz CT molecular complexity index is 872. The molecule has 0 bridgehead atoms. The molecule has 0 aliphatic heterocycles. The van der Waals surface area contributed by atoms with Gasteiger partial charge >= 0.3 is 0 Å². The van der Waals surface area contributed by atoms with Crippen LogP contribution in [-0.2, 0) is 9.53 Å². The topological polar surface area (TPSA) is 73.6 Å². The first-order valence-electron chi connectivity index (χ1n) is 10.2. The summed E-state index contributed by atoms with van der Waals surface area (Å²) in [5, 5.41) is 3.01. The number of nitrogens with one attached hydrogen (secondary N) is 1. The van der Waals surface area contributed by atoms with Gasteiger partial charge in [-0.15, -0.1) is 12.4 Å². The minimum absolute atomic E-state index is 0. The lowest BCUT2D eigenvalue weighted by atomic mass is 9.54. The van der Waals surface area contributed by atoms with Crippen LogP contribution in [0, 0.1) is 12.3 Å². The fraction of sp³-hybridized carbons (Fsp3) is 0.458. The molecule has 2 aromatic carbocycles. The van der Waals surface area contributed by atoms with Gasteiger partial charge in [0.15, 0.2) is 0 Å². The van der Waals surface area contributed by atoms with Gasteiger partial charge in [-0.25, -0.2) is 0 Å². The Kier molecular flexibility index (Phi) is 7.56. The molecule has 3 N–H and O–H groups in total. The van der Waals surface area contributed by atoms with Crippen molar-refractivity contribution in [1.29, 1.82) is 0 Å². The molecule has 1 amide bonds. The van der Waals surface area contributed by atoms with Crippen LogP contribution in [0.5, 0.6) is 5.75 Å². The van der Waals surface area contributed by atoms with Crippen molar-refractivity contribution in [2.24, 2.45) is 11.1 Å². The lowest BCUT2D eigenvalue weighted by molar-refractivity contribution is -0.166. The summed E-state index contributed by atoms with van der Waals surface area (Å²) in [5.74, 6) is 0.590. The molecule has 30 heavy (non-hydrogen) atoms. The number of hydrogen-bond donors (Lipinski definition) is 2. The van der Waals surface area contributed by atoms with Gasteiger partial charge in [-0.05, 0) is 50.1 Å². The third kappa shape index (κ3) is 4.48. The van der Waals surface area contributed by atoms with Crippen molar-refractivity contribution in [2.75, 3.05) is 11.9 Å². The molecule has 164 valence electrons. The molecule has 3 atom stereocenters. The summed E-state index contributed by atoms with van der Waals surface area (Å²) in [6.45, 7) is 10.5. The molecule has 0 spiro atoms. The van der Waals surface area contributed by atoms with Crippen molar-refractivity contribution >= 4 is 24.0 Å². The normalized spacial score (nSPS) is 22.9. The number of halogens is 1. The highest BCUT2D eigenvalue weighted by atomic mass is 35.5. The SMILES string of the molecule is CCOC1CC(N)(C(=O)Nc2ccc(OC(C)c3ccccc3)cc2C)C1(C)C.Cl. The highest BCUT2D eigenvalue weighted by Gasteiger charge is 2.62. The maximum Gasteiger partial charge on any atom is 0.245 e. The van der Waals surface area contributed by atoms with E-state index in [1.165, 1.54) is 0 Å². The number of nitrogens with two attached hydrogens (primary N) is 1. The quantitative estimate of drug-likeness (QED) is 0.643. The Hall–Kier alpha value is -2.08. The van der Waals surface area contributed by atoms with Crippen LogP contribution in [0.4, 0.5) is 5.69 Å². The van der Waals surface area contributed by atoms with Crippen LogP contribution in [0.25, 0.3) is 0 Å². The predicted octanol–water partition coefficient (Wildman–Crippen LogP) is 5.03. The Morgan fingerprint density at radius 3 is 2.47 bits per heavy atom. The van der Waals surface area contributed by atoms with Crippen molar-refractivity contribution < 1.29 is 14.3 Å². The van der Waals surface area contributed by atoms with E-state index in [2.05, 4.69) is 5.32 Å². The second kappa shape index (κ2) is 9.38. The van der Waals surface area contributed by atoms with Gasteiger partial charge in [0.1, 0.15) is 17.4 Å². The molecule has 0 aromatic heterocycles. The summed E-state index contributed by atoms with van der Waals surface area (Å²) in [7, 11) is 0. The van der Waals surface area contributed by atoms with E-state index in [9.17, 15) is 4.79 Å². The first-order chi connectivity index (χ1) is 13.7. The van der Waals surface area contributed by atoms with E-state index >= 15 is 0 Å². The van der Waals surface area contributed by atoms with E-state index < -0.39 is 11.0 Å². The van der Waals surface area contributed by atoms with E-state index in [0.717, 1.165) is 22.6 Å². The van der Waals surface area contributed by atoms with Gasteiger partial charge in [0, 0.05) is 24.1 Å². The van der Waals surface area contributed by atoms with Crippen molar-refractivity contribution in [3.05, 3.63) is 59.7 Å². The van der Waals surface area contributed by atoms with Crippen LogP contribution in [0.1, 0.15) is 51.3 Å². The fourth-order valence-corrected chi connectivity index (χ4v) is 3.90. The summed E-state index contributed by atoms with van der Waals surface area (Å²) in [6.07, 6.45) is 0.461. The molecule has 0 saturated heterocycles. The van der Waals surface area contributed by atoms with Crippen LogP contribution in [-0.4, -0.2) is 24.2 Å². The summed E-state index contributed by atoms with van der Waals surface area (Å²) < 4.78 is 11.8. The summed E-state index contributed by atoms with van der Waals surface area (Å²) in [4.78, 5) is 13.0. The average Bonchev–Trinajstić information content (AvgIpc) is 2.70. The van der Waals surface area contributed by atoms with E-state index in [4.69, 9.17) is 15.2 Å². The zero-order chi connectivity index (χ0) is 21.2. The molecule has 6 heteroatoms.